The molecule has 2 rings (SSSR count). The van der Waals surface area contributed by atoms with Crippen molar-refractivity contribution in [2.75, 3.05) is 11.9 Å². The van der Waals surface area contributed by atoms with Crippen molar-refractivity contribution in [2.24, 2.45) is 0 Å². The Kier molecular flexibility index (Phi) is 5.68. The van der Waals surface area contributed by atoms with Gasteiger partial charge in [0, 0.05) is 5.69 Å². The van der Waals surface area contributed by atoms with E-state index in [2.05, 4.69) is 10.1 Å². The fourth-order valence-electron chi connectivity index (χ4n) is 1.93. The van der Waals surface area contributed by atoms with Crippen LogP contribution in [-0.2, 0) is 4.79 Å². The Morgan fingerprint density at radius 1 is 1.08 bits per heavy atom. The molecule has 0 bridgehead atoms. The minimum absolute atomic E-state index is 0.120. The molecule has 4 nitrogen and oxygen atoms in total. The Labute approximate surface area is 137 Å². The Morgan fingerprint density at radius 2 is 1.79 bits per heavy atom. The molecule has 0 atom stereocenters. The maximum Gasteiger partial charge on any atom is 0.573 e. The van der Waals surface area contributed by atoms with Crippen LogP contribution in [0.2, 0.25) is 0 Å². The van der Waals surface area contributed by atoms with Crippen LogP contribution in [0.25, 0.3) is 0 Å². The zero-order chi connectivity index (χ0) is 17.6. The van der Waals surface area contributed by atoms with E-state index in [1.165, 1.54) is 12.1 Å². The quantitative estimate of drug-likeness (QED) is 0.853. The first kappa shape index (κ1) is 17.7. The smallest absolute Gasteiger partial charge is 0.493 e. The Bertz CT molecular complexity index is 684. The molecule has 2 aromatic rings. The normalized spacial score (nSPS) is 11.0. The van der Waals surface area contributed by atoms with Crippen molar-refractivity contribution in [3.8, 4) is 11.5 Å². The number of ether oxygens (including phenoxy) is 2. The Hall–Kier alpha value is -2.70. The minimum Gasteiger partial charge on any atom is -0.493 e. The summed E-state index contributed by atoms with van der Waals surface area (Å²) in [5, 5.41) is 2.57. The highest BCUT2D eigenvalue weighted by molar-refractivity contribution is 5.90. The van der Waals surface area contributed by atoms with Gasteiger partial charge in [0.1, 0.15) is 11.5 Å². The predicted octanol–water partition coefficient (Wildman–Crippen LogP) is 4.30. The fraction of sp³-hybridized carbons (Fsp3) is 0.235. The molecule has 2 aromatic carbocycles. The molecule has 7 heteroatoms. The van der Waals surface area contributed by atoms with Crippen LogP contribution < -0.4 is 14.8 Å². The molecule has 0 saturated heterocycles. The SMILES string of the molecule is Cc1cccc(OCCC(=O)Nc2ccc(OC(F)(F)F)cc2)c1. The third-order valence-electron chi connectivity index (χ3n) is 2.96. The molecule has 0 saturated carbocycles. The van der Waals surface area contributed by atoms with Gasteiger partial charge in [0.05, 0.1) is 13.0 Å². The average Bonchev–Trinajstić information content (AvgIpc) is 2.48. The number of rotatable bonds is 6. The molecule has 0 spiro atoms. The Morgan fingerprint density at radius 3 is 2.42 bits per heavy atom. The number of benzene rings is 2. The van der Waals surface area contributed by atoms with Crippen LogP contribution in [-0.4, -0.2) is 18.9 Å². The van der Waals surface area contributed by atoms with Crippen molar-refractivity contribution in [3.05, 3.63) is 54.1 Å². The number of hydrogen-bond donors (Lipinski definition) is 1. The molecule has 0 radical (unpaired) electrons. The first-order chi connectivity index (χ1) is 11.3. The summed E-state index contributed by atoms with van der Waals surface area (Å²) in [6.45, 7) is 2.14. The predicted molar refractivity (Wildman–Crippen MR) is 83.0 cm³/mol. The van der Waals surface area contributed by atoms with Crippen molar-refractivity contribution in [1.82, 2.24) is 0 Å². The molecule has 0 aliphatic rings. The lowest BCUT2D eigenvalue weighted by molar-refractivity contribution is -0.274. The van der Waals surface area contributed by atoms with E-state index in [1.807, 2.05) is 25.1 Å². The lowest BCUT2D eigenvalue weighted by atomic mass is 10.2. The van der Waals surface area contributed by atoms with Gasteiger partial charge >= 0.3 is 6.36 Å². The number of aryl methyl sites for hydroxylation is 1. The molecule has 1 N–H and O–H groups in total. The number of alkyl halides is 3. The van der Waals surface area contributed by atoms with Gasteiger partial charge in [0.25, 0.3) is 0 Å². The third-order valence-corrected chi connectivity index (χ3v) is 2.96. The van der Waals surface area contributed by atoms with Crippen LogP contribution in [0, 0.1) is 6.92 Å². The van der Waals surface area contributed by atoms with Gasteiger partial charge in [-0.2, -0.15) is 0 Å². The zero-order valence-corrected chi connectivity index (χ0v) is 12.9. The summed E-state index contributed by atoms with van der Waals surface area (Å²) in [6.07, 6.45) is -4.62. The van der Waals surface area contributed by atoms with E-state index in [9.17, 15) is 18.0 Å². The maximum absolute atomic E-state index is 12.1. The number of hydrogen-bond acceptors (Lipinski definition) is 3. The summed E-state index contributed by atoms with van der Waals surface area (Å²) in [4.78, 5) is 11.8. The lowest BCUT2D eigenvalue weighted by Gasteiger charge is -2.10. The van der Waals surface area contributed by atoms with Gasteiger partial charge in [0.2, 0.25) is 5.91 Å². The number of anilines is 1. The van der Waals surface area contributed by atoms with E-state index in [0.717, 1.165) is 17.7 Å². The van der Waals surface area contributed by atoms with Gasteiger partial charge in [0.15, 0.2) is 0 Å². The highest BCUT2D eigenvalue weighted by Gasteiger charge is 2.30. The molecule has 0 aromatic heterocycles. The fourth-order valence-corrected chi connectivity index (χ4v) is 1.93. The van der Waals surface area contributed by atoms with E-state index in [1.54, 1.807) is 6.07 Å². The molecule has 0 heterocycles. The van der Waals surface area contributed by atoms with Crippen LogP contribution in [0.15, 0.2) is 48.5 Å². The summed E-state index contributed by atoms with van der Waals surface area (Å²) in [7, 11) is 0. The Balaban J connectivity index is 1.78. The highest BCUT2D eigenvalue weighted by Crippen LogP contribution is 2.24. The van der Waals surface area contributed by atoms with Crippen molar-refractivity contribution in [2.45, 2.75) is 19.7 Å². The van der Waals surface area contributed by atoms with Gasteiger partial charge in [-0.25, -0.2) is 0 Å². The third kappa shape index (κ3) is 6.20. The minimum atomic E-state index is -4.74. The summed E-state index contributed by atoms with van der Waals surface area (Å²) in [5.41, 5.74) is 1.43. The number of amides is 1. The molecule has 0 aliphatic heterocycles. The molecule has 128 valence electrons. The van der Waals surface area contributed by atoms with Crippen molar-refractivity contribution in [3.63, 3.8) is 0 Å². The first-order valence-electron chi connectivity index (χ1n) is 7.17. The standard InChI is InChI=1S/C17H16F3NO3/c1-12-3-2-4-15(11-12)23-10-9-16(22)21-13-5-7-14(8-6-13)24-17(18,19)20/h2-8,11H,9-10H2,1H3,(H,21,22). The van der Waals surface area contributed by atoms with Crippen molar-refractivity contribution in [1.29, 1.82) is 0 Å². The van der Waals surface area contributed by atoms with Crippen molar-refractivity contribution >= 4 is 11.6 Å². The number of carbonyl (C=O) groups is 1. The largest absolute Gasteiger partial charge is 0.573 e. The molecule has 24 heavy (non-hydrogen) atoms. The first-order valence-corrected chi connectivity index (χ1v) is 7.17. The second kappa shape index (κ2) is 7.72. The monoisotopic (exact) mass is 339 g/mol. The van der Waals surface area contributed by atoms with E-state index < -0.39 is 6.36 Å². The number of halogens is 3. The number of nitrogens with one attached hydrogen (secondary N) is 1. The van der Waals surface area contributed by atoms with Gasteiger partial charge in [-0.1, -0.05) is 12.1 Å². The topological polar surface area (TPSA) is 47.6 Å². The van der Waals surface area contributed by atoms with E-state index in [0.29, 0.717) is 11.4 Å². The summed E-state index contributed by atoms with van der Waals surface area (Å²) < 4.78 is 45.4. The van der Waals surface area contributed by atoms with Crippen LogP contribution in [0.4, 0.5) is 18.9 Å². The molecular weight excluding hydrogens is 323 g/mol. The van der Waals surface area contributed by atoms with Gasteiger partial charge in [-0.3, -0.25) is 4.79 Å². The summed E-state index contributed by atoms with van der Waals surface area (Å²) in [5.74, 6) is 0.0341. The van der Waals surface area contributed by atoms with Gasteiger partial charge in [-0.05, 0) is 48.9 Å². The van der Waals surface area contributed by atoms with E-state index >= 15 is 0 Å². The lowest BCUT2D eigenvalue weighted by Crippen LogP contribution is -2.17. The summed E-state index contributed by atoms with van der Waals surface area (Å²) in [6, 6.07) is 12.4. The van der Waals surface area contributed by atoms with Crippen LogP contribution in [0.3, 0.4) is 0 Å². The van der Waals surface area contributed by atoms with Gasteiger partial charge in [-0.15, -0.1) is 13.2 Å². The number of carbonyl (C=O) groups excluding carboxylic acids is 1. The van der Waals surface area contributed by atoms with Crippen molar-refractivity contribution < 1.29 is 27.4 Å². The highest BCUT2D eigenvalue weighted by atomic mass is 19.4. The van der Waals surface area contributed by atoms with Crippen LogP contribution in [0.1, 0.15) is 12.0 Å². The van der Waals surface area contributed by atoms with Gasteiger partial charge < -0.3 is 14.8 Å². The second-order valence-electron chi connectivity index (χ2n) is 5.04. The van der Waals surface area contributed by atoms with E-state index in [-0.39, 0.29) is 24.7 Å². The second-order valence-corrected chi connectivity index (χ2v) is 5.04. The molecule has 0 unspecified atom stereocenters. The molecule has 0 aliphatic carbocycles. The maximum atomic E-state index is 12.1. The zero-order valence-electron chi connectivity index (χ0n) is 12.9. The van der Waals surface area contributed by atoms with Crippen LogP contribution in [0.5, 0.6) is 11.5 Å². The molecule has 1 amide bonds. The molecular formula is C17H16F3NO3. The average molecular weight is 339 g/mol. The summed E-state index contributed by atoms with van der Waals surface area (Å²) >= 11 is 0. The van der Waals surface area contributed by atoms with Crippen LogP contribution >= 0.6 is 0 Å². The molecule has 0 fully saturated rings. The van der Waals surface area contributed by atoms with E-state index in [4.69, 9.17) is 4.74 Å².